The first-order chi connectivity index (χ1) is 11.2. The second kappa shape index (κ2) is 7.68. The molecule has 2 N–H and O–H groups in total. The number of β-amino-alcohol motifs (C(OH)–C–C–N with tert-alkyl or cyclic N) is 1. The number of carbonyl (C=O) groups excluding carboxylic acids is 1. The molecule has 0 saturated carbocycles. The van der Waals surface area contributed by atoms with Gasteiger partial charge in [0.05, 0.1) is 19.2 Å². The number of rotatable bonds is 6. The van der Waals surface area contributed by atoms with Crippen molar-refractivity contribution in [3.63, 3.8) is 0 Å². The maximum absolute atomic E-state index is 12.0. The molecular formula is C17H21N3O2S. The van der Waals surface area contributed by atoms with Crippen molar-refractivity contribution in [2.75, 3.05) is 19.6 Å². The van der Waals surface area contributed by atoms with Gasteiger partial charge < -0.3 is 10.4 Å². The van der Waals surface area contributed by atoms with Crippen LogP contribution in [-0.4, -0.2) is 46.6 Å². The van der Waals surface area contributed by atoms with Gasteiger partial charge in [-0.1, -0.05) is 6.07 Å². The Hall–Kier alpha value is -1.76. The van der Waals surface area contributed by atoms with Crippen molar-refractivity contribution in [3.05, 3.63) is 52.5 Å². The molecule has 0 aromatic carbocycles. The summed E-state index contributed by atoms with van der Waals surface area (Å²) in [6.07, 6.45) is 3.98. The van der Waals surface area contributed by atoms with Crippen molar-refractivity contribution in [2.45, 2.75) is 19.1 Å². The number of aliphatic hydroxyl groups is 1. The highest BCUT2D eigenvalue weighted by molar-refractivity contribution is 7.09. The quantitative estimate of drug-likeness (QED) is 0.837. The van der Waals surface area contributed by atoms with Crippen LogP contribution in [0.3, 0.4) is 0 Å². The van der Waals surface area contributed by atoms with Crippen LogP contribution in [0.2, 0.25) is 0 Å². The lowest BCUT2D eigenvalue weighted by molar-refractivity contribution is -0.122. The number of aliphatic hydroxyl groups excluding tert-OH is 1. The number of hydrogen-bond donors (Lipinski definition) is 2. The first-order valence-corrected chi connectivity index (χ1v) is 8.67. The van der Waals surface area contributed by atoms with E-state index >= 15 is 0 Å². The number of thiophene rings is 1. The third kappa shape index (κ3) is 4.60. The summed E-state index contributed by atoms with van der Waals surface area (Å²) in [7, 11) is 0. The molecule has 5 nitrogen and oxygen atoms in total. The topological polar surface area (TPSA) is 65.5 Å². The molecule has 0 aliphatic carbocycles. The summed E-state index contributed by atoms with van der Waals surface area (Å²) in [5.74, 6) is 0.178. The Labute approximate surface area is 140 Å². The van der Waals surface area contributed by atoms with Crippen LogP contribution in [0.4, 0.5) is 0 Å². The van der Waals surface area contributed by atoms with Gasteiger partial charge in [-0.25, -0.2) is 0 Å². The lowest BCUT2D eigenvalue weighted by Gasteiger charge is -2.15. The van der Waals surface area contributed by atoms with Gasteiger partial charge in [-0.2, -0.15) is 0 Å². The maximum Gasteiger partial charge on any atom is 0.234 e. The Morgan fingerprint density at radius 2 is 2.17 bits per heavy atom. The van der Waals surface area contributed by atoms with Crippen LogP contribution < -0.4 is 5.32 Å². The predicted molar refractivity (Wildman–Crippen MR) is 90.0 cm³/mol. The SMILES string of the molecule is O=C(CN1CC(O)C(Cc2ccncc2)C1)NCc1cccs1. The van der Waals surface area contributed by atoms with Crippen LogP contribution >= 0.6 is 11.3 Å². The van der Waals surface area contributed by atoms with E-state index in [0.29, 0.717) is 19.6 Å². The molecule has 1 saturated heterocycles. The number of nitrogens with zero attached hydrogens (tertiary/aromatic N) is 2. The Morgan fingerprint density at radius 3 is 2.91 bits per heavy atom. The lowest BCUT2D eigenvalue weighted by Crippen LogP contribution is -2.36. The van der Waals surface area contributed by atoms with E-state index in [1.165, 1.54) is 5.56 Å². The number of aromatic nitrogens is 1. The average Bonchev–Trinajstić information content (AvgIpc) is 3.17. The normalized spacial score (nSPS) is 21.4. The predicted octanol–water partition coefficient (Wildman–Crippen LogP) is 1.29. The van der Waals surface area contributed by atoms with Gasteiger partial charge in [-0.05, 0) is 35.6 Å². The summed E-state index contributed by atoms with van der Waals surface area (Å²) in [5.41, 5.74) is 1.17. The Bertz CT molecular complexity index is 618. The number of hydrogen-bond acceptors (Lipinski definition) is 5. The van der Waals surface area contributed by atoms with E-state index in [1.54, 1.807) is 23.7 Å². The highest BCUT2D eigenvalue weighted by Gasteiger charge is 2.32. The van der Waals surface area contributed by atoms with Crippen molar-refractivity contribution in [2.24, 2.45) is 5.92 Å². The molecule has 1 aliphatic heterocycles. The minimum Gasteiger partial charge on any atom is -0.391 e. The highest BCUT2D eigenvalue weighted by atomic mass is 32.1. The largest absolute Gasteiger partial charge is 0.391 e. The van der Waals surface area contributed by atoms with Gasteiger partial charge in [0, 0.05) is 36.3 Å². The van der Waals surface area contributed by atoms with Crippen LogP contribution in [0, 0.1) is 5.92 Å². The molecule has 1 amide bonds. The average molecular weight is 331 g/mol. The summed E-state index contributed by atoms with van der Waals surface area (Å²) in [5, 5.41) is 15.2. The van der Waals surface area contributed by atoms with Gasteiger partial charge >= 0.3 is 0 Å². The van der Waals surface area contributed by atoms with Gasteiger partial charge in [0.2, 0.25) is 5.91 Å². The zero-order valence-electron chi connectivity index (χ0n) is 12.9. The molecule has 2 unspecified atom stereocenters. The standard InChI is InChI=1S/C17H21N3O2S/c21-16-11-20(10-14(16)8-13-3-5-18-6-4-13)12-17(22)19-9-15-2-1-7-23-15/h1-7,14,16,21H,8-12H2,(H,19,22). The van der Waals surface area contributed by atoms with Gasteiger partial charge in [-0.3, -0.25) is 14.7 Å². The zero-order valence-corrected chi connectivity index (χ0v) is 13.7. The molecule has 23 heavy (non-hydrogen) atoms. The first kappa shape index (κ1) is 16.1. The number of likely N-dealkylation sites (tertiary alicyclic amines) is 1. The molecule has 0 radical (unpaired) electrons. The summed E-state index contributed by atoms with van der Waals surface area (Å²) in [6.45, 7) is 2.22. The summed E-state index contributed by atoms with van der Waals surface area (Å²) in [4.78, 5) is 19.2. The molecule has 0 bridgehead atoms. The second-order valence-corrected chi connectivity index (χ2v) is 6.97. The minimum absolute atomic E-state index is 0.00941. The van der Waals surface area contributed by atoms with E-state index in [2.05, 4.69) is 10.3 Å². The van der Waals surface area contributed by atoms with E-state index < -0.39 is 0 Å². The van der Waals surface area contributed by atoms with Gasteiger partial charge in [0.1, 0.15) is 0 Å². The summed E-state index contributed by atoms with van der Waals surface area (Å²) >= 11 is 1.64. The van der Waals surface area contributed by atoms with Crippen LogP contribution in [-0.2, 0) is 17.8 Å². The van der Waals surface area contributed by atoms with E-state index in [-0.39, 0.29) is 17.9 Å². The fourth-order valence-electron chi connectivity index (χ4n) is 2.95. The van der Waals surface area contributed by atoms with Crippen molar-refractivity contribution in [3.8, 4) is 0 Å². The molecule has 2 aromatic rings. The Kier molecular flexibility index (Phi) is 5.38. The van der Waals surface area contributed by atoms with Crippen molar-refractivity contribution in [1.82, 2.24) is 15.2 Å². The fourth-order valence-corrected chi connectivity index (χ4v) is 3.60. The molecule has 3 heterocycles. The molecule has 6 heteroatoms. The molecule has 1 fully saturated rings. The van der Waals surface area contributed by atoms with E-state index in [4.69, 9.17) is 0 Å². The van der Waals surface area contributed by atoms with E-state index in [9.17, 15) is 9.90 Å². The van der Waals surface area contributed by atoms with Crippen LogP contribution in [0.5, 0.6) is 0 Å². The van der Waals surface area contributed by atoms with E-state index in [0.717, 1.165) is 17.8 Å². The third-order valence-electron chi connectivity index (χ3n) is 4.14. The summed E-state index contributed by atoms with van der Waals surface area (Å²) < 4.78 is 0. The van der Waals surface area contributed by atoms with Gasteiger partial charge in [-0.15, -0.1) is 11.3 Å². The zero-order chi connectivity index (χ0) is 16.1. The van der Waals surface area contributed by atoms with Crippen LogP contribution in [0.1, 0.15) is 10.4 Å². The maximum atomic E-state index is 12.0. The van der Waals surface area contributed by atoms with Gasteiger partial charge in [0.15, 0.2) is 0 Å². The van der Waals surface area contributed by atoms with Crippen molar-refractivity contribution in [1.29, 1.82) is 0 Å². The molecule has 1 aliphatic rings. The van der Waals surface area contributed by atoms with Crippen molar-refractivity contribution < 1.29 is 9.90 Å². The minimum atomic E-state index is -0.381. The highest BCUT2D eigenvalue weighted by Crippen LogP contribution is 2.21. The monoisotopic (exact) mass is 331 g/mol. The molecule has 0 spiro atoms. The molecule has 3 rings (SSSR count). The molecule has 2 aromatic heterocycles. The number of nitrogens with one attached hydrogen (secondary N) is 1. The van der Waals surface area contributed by atoms with Gasteiger partial charge in [0.25, 0.3) is 0 Å². The van der Waals surface area contributed by atoms with E-state index in [1.807, 2.05) is 34.5 Å². The number of amides is 1. The molecule has 2 atom stereocenters. The second-order valence-electron chi connectivity index (χ2n) is 5.94. The van der Waals surface area contributed by atoms with Crippen LogP contribution in [0.25, 0.3) is 0 Å². The molecule has 122 valence electrons. The molecular weight excluding hydrogens is 310 g/mol. The fraction of sp³-hybridized carbons (Fsp3) is 0.412. The first-order valence-electron chi connectivity index (χ1n) is 7.79. The smallest absolute Gasteiger partial charge is 0.234 e. The lowest BCUT2D eigenvalue weighted by atomic mass is 9.97. The number of pyridine rings is 1. The Balaban J connectivity index is 1.45. The van der Waals surface area contributed by atoms with Crippen LogP contribution in [0.15, 0.2) is 42.0 Å². The summed E-state index contributed by atoms with van der Waals surface area (Å²) in [6, 6.07) is 7.94. The third-order valence-corrected chi connectivity index (χ3v) is 5.01. The van der Waals surface area contributed by atoms with Crippen molar-refractivity contribution >= 4 is 17.2 Å². The Morgan fingerprint density at radius 1 is 1.35 bits per heavy atom. The number of carbonyl (C=O) groups is 1.